The van der Waals surface area contributed by atoms with E-state index in [4.69, 9.17) is 27.3 Å². The summed E-state index contributed by atoms with van der Waals surface area (Å²) in [5, 5.41) is 9.44. The number of anilines is 2. The Hall–Kier alpha value is -0.960. The molecule has 4 N–H and O–H groups in total. The summed E-state index contributed by atoms with van der Waals surface area (Å²) in [7, 11) is -3.66. The number of amidine groups is 1. The Morgan fingerprint density at radius 3 is 2.52 bits per heavy atom. The van der Waals surface area contributed by atoms with Crippen LogP contribution in [0.1, 0.15) is 13.8 Å². The number of nitrogens with two attached hydrogens (primary N) is 1. The minimum atomic E-state index is -3.66. The molecule has 6 nitrogen and oxygen atoms in total. The second-order valence-electron chi connectivity index (χ2n) is 4.42. The Balaban J connectivity index is 0.000000315. The lowest BCUT2D eigenvalue weighted by atomic mass is 10.2. The van der Waals surface area contributed by atoms with Crippen LogP contribution in [0.5, 0.6) is 0 Å². The molecule has 0 radical (unpaired) electrons. The molecule has 0 aromatic heterocycles. The summed E-state index contributed by atoms with van der Waals surface area (Å²) in [4.78, 5) is 1.92. The third-order valence-corrected chi connectivity index (χ3v) is 4.60. The largest absolute Gasteiger partial charge is 0.397 e. The number of thioether (sulfide) groups is 1. The average Bonchev–Trinajstić information content (AvgIpc) is 2.68. The average molecular weight is 352 g/mol. The molecule has 1 heterocycles. The number of nitrogens with zero attached hydrogens (tertiary/aromatic N) is 1. The highest BCUT2D eigenvalue weighted by molar-refractivity contribution is 8.15. The summed E-state index contributed by atoms with van der Waals surface area (Å²) >= 11 is 7.39. The van der Waals surface area contributed by atoms with E-state index in [2.05, 4.69) is 6.92 Å². The van der Waals surface area contributed by atoms with Crippen molar-refractivity contribution in [3.8, 4) is 0 Å². The Labute approximate surface area is 133 Å². The van der Waals surface area contributed by atoms with Gasteiger partial charge in [-0.3, -0.25) is 9.96 Å². The zero-order chi connectivity index (χ0) is 16.2. The van der Waals surface area contributed by atoms with E-state index in [1.54, 1.807) is 23.9 Å². The van der Waals surface area contributed by atoms with Gasteiger partial charge in [0.25, 0.3) is 10.1 Å². The zero-order valence-corrected chi connectivity index (χ0v) is 14.1. The summed E-state index contributed by atoms with van der Waals surface area (Å²) in [5.74, 6) is -0.201. The van der Waals surface area contributed by atoms with Crippen molar-refractivity contribution >= 4 is 50.0 Å². The SMILES string of the molecule is CC1CN(c2ccc(Cl)cc2N)C(=N)S1.CCS(=O)(=O)O. The summed E-state index contributed by atoms with van der Waals surface area (Å²) in [6.45, 7) is 4.30. The van der Waals surface area contributed by atoms with Crippen LogP contribution in [0.15, 0.2) is 18.2 Å². The van der Waals surface area contributed by atoms with Crippen molar-refractivity contribution in [2.75, 3.05) is 22.9 Å². The van der Waals surface area contributed by atoms with Crippen LogP contribution in [0.25, 0.3) is 0 Å². The van der Waals surface area contributed by atoms with Crippen LogP contribution >= 0.6 is 23.4 Å². The van der Waals surface area contributed by atoms with Gasteiger partial charge in [-0.25, -0.2) is 0 Å². The Morgan fingerprint density at radius 1 is 1.57 bits per heavy atom. The minimum absolute atomic E-state index is 0.201. The second kappa shape index (κ2) is 7.35. The molecule has 118 valence electrons. The van der Waals surface area contributed by atoms with Crippen LogP contribution in [0.3, 0.4) is 0 Å². The van der Waals surface area contributed by atoms with Crippen LogP contribution in [0.4, 0.5) is 11.4 Å². The topological polar surface area (TPSA) is 107 Å². The first-order valence-electron chi connectivity index (χ1n) is 6.17. The van der Waals surface area contributed by atoms with Crippen LogP contribution in [0, 0.1) is 5.41 Å². The third kappa shape index (κ3) is 5.74. The molecule has 0 saturated carbocycles. The van der Waals surface area contributed by atoms with Gasteiger partial charge >= 0.3 is 0 Å². The third-order valence-electron chi connectivity index (χ3n) is 2.64. The van der Waals surface area contributed by atoms with Crippen LogP contribution in [-0.4, -0.2) is 35.7 Å². The monoisotopic (exact) mass is 351 g/mol. The molecule has 0 bridgehead atoms. The van der Waals surface area contributed by atoms with Gasteiger partial charge in [0, 0.05) is 16.8 Å². The molecule has 1 aromatic carbocycles. The first-order valence-corrected chi connectivity index (χ1v) is 9.03. The number of benzene rings is 1. The van der Waals surface area contributed by atoms with Crippen molar-refractivity contribution in [2.24, 2.45) is 0 Å². The molecule has 2 rings (SSSR count). The first-order chi connectivity index (χ1) is 9.64. The van der Waals surface area contributed by atoms with Gasteiger partial charge in [0.05, 0.1) is 17.1 Å². The van der Waals surface area contributed by atoms with Gasteiger partial charge in [0.1, 0.15) is 0 Å². The lowest BCUT2D eigenvalue weighted by Gasteiger charge is -2.19. The van der Waals surface area contributed by atoms with Crippen molar-refractivity contribution in [2.45, 2.75) is 19.1 Å². The second-order valence-corrected chi connectivity index (χ2v) is 8.02. The van der Waals surface area contributed by atoms with Gasteiger partial charge in [0.15, 0.2) is 5.17 Å². The smallest absolute Gasteiger partial charge is 0.264 e. The number of halogens is 1. The molecule has 1 aromatic rings. The molecule has 1 aliphatic rings. The number of rotatable bonds is 2. The predicted octanol–water partition coefficient (Wildman–Crippen LogP) is 2.69. The molecule has 1 saturated heterocycles. The van der Waals surface area contributed by atoms with E-state index in [1.807, 2.05) is 11.0 Å². The highest BCUT2D eigenvalue weighted by Gasteiger charge is 2.26. The molecule has 1 unspecified atom stereocenters. The van der Waals surface area contributed by atoms with Gasteiger partial charge in [0.2, 0.25) is 0 Å². The molecule has 1 aliphatic heterocycles. The maximum absolute atomic E-state index is 9.56. The van der Waals surface area contributed by atoms with Crippen LogP contribution < -0.4 is 10.6 Å². The lowest BCUT2D eigenvalue weighted by molar-refractivity contribution is 0.484. The molecule has 21 heavy (non-hydrogen) atoms. The molecule has 0 aliphatic carbocycles. The van der Waals surface area contributed by atoms with E-state index in [0.29, 0.717) is 21.1 Å². The van der Waals surface area contributed by atoms with Crippen molar-refractivity contribution in [3.63, 3.8) is 0 Å². The Kier molecular flexibility index (Phi) is 6.33. The van der Waals surface area contributed by atoms with Crippen LogP contribution in [-0.2, 0) is 10.1 Å². The number of hydrogen-bond acceptors (Lipinski definition) is 5. The maximum Gasteiger partial charge on any atom is 0.264 e. The van der Waals surface area contributed by atoms with Gasteiger partial charge in [-0.1, -0.05) is 30.3 Å². The van der Waals surface area contributed by atoms with E-state index < -0.39 is 10.1 Å². The normalized spacial score (nSPS) is 18.4. The summed E-state index contributed by atoms with van der Waals surface area (Å²) in [6, 6.07) is 5.39. The predicted molar refractivity (Wildman–Crippen MR) is 90.1 cm³/mol. The number of hydrogen-bond donors (Lipinski definition) is 3. The fraction of sp³-hybridized carbons (Fsp3) is 0.417. The lowest BCUT2D eigenvalue weighted by Crippen LogP contribution is -2.24. The van der Waals surface area contributed by atoms with E-state index in [1.165, 1.54) is 6.92 Å². The van der Waals surface area contributed by atoms with Gasteiger partial charge in [-0.05, 0) is 25.1 Å². The minimum Gasteiger partial charge on any atom is -0.397 e. The van der Waals surface area contributed by atoms with Crippen molar-refractivity contribution in [1.29, 1.82) is 5.41 Å². The summed E-state index contributed by atoms with van der Waals surface area (Å²) < 4.78 is 26.9. The number of nitrogens with one attached hydrogen (secondary N) is 1. The van der Waals surface area contributed by atoms with Crippen molar-refractivity contribution in [3.05, 3.63) is 23.2 Å². The van der Waals surface area contributed by atoms with Gasteiger partial charge in [-0.2, -0.15) is 8.42 Å². The summed E-state index contributed by atoms with van der Waals surface area (Å²) in [5.41, 5.74) is 7.38. The highest BCUT2D eigenvalue weighted by atomic mass is 35.5. The van der Waals surface area contributed by atoms with E-state index in [9.17, 15) is 8.42 Å². The molecule has 0 spiro atoms. The maximum atomic E-state index is 9.56. The highest BCUT2D eigenvalue weighted by Crippen LogP contribution is 2.34. The van der Waals surface area contributed by atoms with Gasteiger partial charge in [-0.15, -0.1) is 0 Å². The standard InChI is InChI=1S/C10H12ClN3S.C2H6O3S/c1-6-5-14(10(13)15-6)9-3-2-7(11)4-8(9)12;1-2-6(3,4)5/h2-4,6,13H,5,12H2,1H3;2H2,1H3,(H,3,4,5). The van der Waals surface area contributed by atoms with E-state index in [0.717, 1.165) is 12.2 Å². The Morgan fingerprint density at radius 2 is 2.14 bits per heavy atom. The van der Waals surface area contributed by atoms with E-state index >= 15 is 0 Å². The van der Waals surface area contributed by atoms with Gasteiger partial charge < -0.3 is 10.6 Å². The Bertz CT molecular complexity index is 622. The number of nitrogen functional groups attached to an aromatic ring is 1. The fourth-order valence-electron chi connectivity index (χ4n) is 1.61. The van der Waals surface area contributed by atoms with Crippen molar-refractivity contribution < 1.29 is 13.0 Å². The first kappa shape index (κ1) is 18.1. The molecular formula is C12H18ClN3O3S2. The molecular weight excluding hydrogens is 334 g/mol. The molecule has 9 heteroatoms. The molecule has 1 atom stereocenters. The van der Waals surface area contributed by atoms with E-state index in [-0.39, 0.29) is 5.75 Å². The van der Waals surface area contributed by atoms with Crippen molar-refractivity contribution in [1.82, 2.24) is 0 Å². The fourth-order valence-corrected chi connectivity index (χ4v) is 2.70. The zero-order valence-electron chi connectivity index (χ0n) is 11.7. The molecule has 0 amide bonds. The summed E-state index contributed by atoms with van der Waals surface area (Å²) in [6.07, 6.45) is 0. The quantitative estimate of drug-likeness (QED) is 0.558. The van der Waals surface area contributed by atoms with Crippen LogP contribution in [0.2, 0.25) is 5.02 Å². The molecule has 1 fully saturated rings.